The Hall–Kier alpha value is -2.37. The summed E-state index contributed by atoms with van der Waals surface area (Å²) in [7, 11) is 0. The summed E-state index contributed by atoms with van der Waals surface area (Å²) >= 11 is 0. The lowest BCUT2D eigenvalue weighted by atomic mass is 9.99. The maximum Gasteiger partial charge on any atom is 0.325 e. The molecule has 0 atom stereocenters. The Labute approximate surface area is 141 Å². The van der Waals surface area contributed by atoms with E-state index in [0.717, 1.165) is 13.0 Å². The SMILES string of the molecule is CC1(C)NC(=O)N(CCCC(=O)N2CCc3ccccc3C2)C1=O. The van der Waals surface area contributed by atoms with Crippen molar-refractivity contribution in [2.75, 3.05) is 13.1 Å². The molecule has 1 fully saturated rings. The van der Waals surface area contributed by atoms with Gasteiger partial charge in [-0.2, -0.15) is 0 Å². The maximum atomic E-state index is 12.4. The second-order valence-electron chi connectivity index (χ2n) is 6.95. The molecular formula is C18H23N3O3. The van der Waals surface area contributed by atoms with Gasteiger partial charge in [0.25, 0.3) is 5.91 Å². The van der Waals surface area contributed by atoms with Gasteiger partial charge in [-0.15, -0.1) is 0 Å². The van der Waals surface area contributed by atoms with Crippen LogP contribution in [0.4, 0.5) is 4.79 Å². The Morgan fingerprint density at radius 3 is 2.58 bits per heavy atom. The van der Waals surface area contributed by atoms with Crippen LogP contribution in [0.5, 0.6) is 0 Å². The number of carbonyl (C=O) groups is 3. The van der Waals surface area contributed by atoms with Crippen molar-refractivity contribution in [2.45, 2.75) is 45.2 Å². The van der Waals surface area contributed by atoms with Crippen LogP contribution < -0.4 is 5.32 Å². The number of amides is 4. The third-order valence-electron chi connectivity index (χ3n) is 4.70. The average molecular weight is 329 g/mol. The summed E-state index contributed by atoms with van der Waals surface area (Å²) in [4.78, 5) is 39.4. The smallest absolute Gasteiger partial charge is 0.325 e. The van der Waals surface area contributed by atoms with Crippen molar-refractivity contribution >= 4 is 17.8 Å². The van der Waals surface area contributed by atoms with Crippen molar-refractivity contribution in [3.05, 3.63) is 35.4 Å². The molecule has 4 amide bonds. The number of fused-ring (bicyclic) bond motifs is 1. The number of nitrogens with one attached hydrogen (secondary N) is 1. The van der Waals surface area contributed by atoms with Gasteiger partial charge in [0.2, 0.25) is 5.91 Å². The first-order valence-electron chi connectivity index (χ1n) is 8.37. The molecule has 2 aliphatic rings. The van der Waals surface area contributed by atoms with E-state index < -0.39 is 5.54 Å². The van der Waals surface area contributed by atoms with Crippen LogP contribution in [0.2, 0.25) is 0 Å². The van der Waals surface area contributed by atoms with Gasteiger partial charge in [-0.1, -0.05) is 24.3 Å². The lowest BCUT2D eigenvalue weighted by Crippen LogP contribution is -2.40. The van der Waals surface area contributed by atoms with E-state index in [9.17, 15) is 14.4 Å². The van der Waals surface area contributed by atoms with Gasteiger partial charge in [-0.25, -0.2) is 4.79 Å². The summed E-state index contributed by atoms with van der Waals surface area (Å²) in [5.41, 5.74) is 1.66. The number of imide groups is 1. The van der Waals surface area contributed by atoms with Gasteiger partial charge in [-0.3, -0.25) is 14.5 Å². The van der Waals surface area contributed by atoms with Crippen LogP contribution >= 0.6 is 0 Å². The first-order valence-corrected chi connectivity index (χ1v) is 8.37. The molecule has 0 radical (unpaired) electrons. The highest BCUT2D eigenvalue weighted by atomic mass is 16.2. The van der Waals surface area contributed by atoms with Gasteiger partial charge in [0.1, 0.15) is 5.54 Å². The lowest BCUT2D eigenvalue weighted by Gasteiger charge is -2.29. The normalized spacial score (nSPS) is 19.2. The molecule has 0 spiro atoms. The van der Waals surface area contributed by atoms with Crippen LogP contribution in [0.3, 0.4) is 0 Å². The molecule has 6 heteroatoms. The number of carbonyl (C=O) groups excluding carboxylic acids is 3. The molecule has 0 aromatic heterocycles. The van der Waals surface area contributed by atoms with E-state index in [1.165, 1.54) is 16.0 Å². The molecule has 24 heavy (non-hydrogen) atoms. The molecular weight excluding hydrogens is 306 g/mol. The third-order valence-corrected chi connectivity index (χ3v) is 4.70. The van der Waals surface area contributed by atoms with E-state index in [2.05, 4.69) is 17.4 Å². The van der Waals surface area contributed by atoms with E-state index in [-0.39, 0.29) is 24.4 Å². The Kier molecular flexibility index (Phi) is 4.30. The summed E-state index contributed by atoms with van der Waals surface area (Å²) in [6.45, 7) is 5.02. The molecule has 1 saturated heterocycles. The zero-order chi connectivity index (χ0) is 17.3. The van der Waals surface area contributed by atoms with Crippen LogP contribution in [0.15, 0.2) is 24.3 Å². The summed E-state index contributed by atoms with van der Waals surface area (Å²) in [5, 5.41) is 2.65. The van der Waals surface area contributed by atoms with Crippen molar-refractivity contribution in [1.29, 1.82) is 0 Å². The van der Waals surface area contributed by atoms with Crippen LogP contribution in [0.1, 0.15) is 37.8 Å². The Morgan fingerprint density at radius 2 is 1.92 bits per heavy atom. The molecule has 1 aromatic carbocycles. The van der Waals surface area contributed by atoms with Crippen molar-refractivity contribution in [3.63, 3.8) is 0 Å². The van der Waals surface area contributed by atoms with Crippen LogP contribution in [0, 0.1) is 0 Å². The number of hydrogen-bond donors (Lipinski definition) is 1. The molecule has 0 unspecified atom stereocenters. The molecule has 2 aliphatic heterocycles. The second-order valence-corrected chi connectivity index (χ2v) is 6.95. The Bertz CT molecular complexity index is 684. The summed E-state index contributed by atoms with van der Waals surface area (Å²) < 4.78 is 0. The van der Waals surface area contributed by atoms with Crippen molar-refractivity contribution in [3.8, 4) is 0 Å². The number of rotatable bonds is 4. The van der Waals surface area contributed by atoms with Crippen LogP contribution in [-0.2, 0) is 22.6 Å². The maximum absolute atomic E-state index is 12.4. The Morgan fingerprint density at radius 1 is 1.21 bits per heavy atom. The van der Waals surface area contributed by atoms with Crippen LogP contribution in [-0.4, -0.2) is 46.3 Å². The third kappa shape index (κ3) is 3.13. The lowest BCUT2D eigenvalue weighted by molar-refractivity contribution is -0.133. The highest BCUT2D eigenvalue weighted by molar-refractivity contribution is 6.06. The largest absolute Gasteiger partial charge is 0.338 e. The monoisotopic (exact) mass is 329 g/mol. The van der Waals surface area contributed by atoms with Crippen molar-refractivity contribution in [2.24, 2.45) is 0 Å². The average Bonchev–Trinajstić information content (AvgIpc) is 2.75. The summed E-state index contributed by atoms with van der Waals surface area (Å²) in [6, 6.07) is 7.81. The predicted octanol–water partition coefficient (Wildman–Crippen LogP) is 1.68. The van der Waals surface area contributed by atoms with Crippen molar-refractivity contribution in [1.82, 2.24) is 15.1 Å². The molecule has 3 rings (SSSR count). The number of nitrogens with zero attached hydrogens (tertiary/aromatic N) is 2. The van der Waals surface area contributed by atoms with Gasteiger partial charge < -0.3 is 10.2 Å². The quantitative estimate of drug-likeness (QED) is 0.855. The second kappa shape index (κ2) is 6.26. The minimum atomic E-state index is -0.850. The Balaban J connectivity index is 1.50. The zero-order valence-corrected chi connectivity index (χ0v) is 14.2. The standard InChI is InChI=1S/C18H23N3O3/c1-18(2)16(23)21(17(24)19-18)10-5-8-15(22)20-11-9-13-6-3-4-7-14(13)12-20/h3-4,6-7H,5,8-12H2,1-2H3,(H,19,24). The predicted molar refractivity (Wildman–Crippen MR) is 89.1 cm³/mol. The number of hydrogen-bond acceptors (Lipinski definition) is 3. The molecule has 2 heterocycles. The molecule has 1 N–H and O–H groups in total. The molecule has 0 saturated carbocycles. The summed E-state index contributed by atoms with van der Waals surface area (Å²) in [6.07, 6.45) is 1.72. The van der Waals surface area contributed by atoms with Gasteiger partial charge in [0.05, 0.1) is 0 Å². The van der Waals surface area contributed by atoms with E-state index in [1.807, 2.05) is 17.0 Å². The van der Waals surface area contributed by atoms with E-state index in [1.54, 1.807) is 13.8 Å². The molecule has 128 valence electrons. The highest BCUT2D eigenvalue weighted by Gasteiger charge is 2.43. The fourth-order valence-corrected chi connectivity index (χ4v) is 3.28. The van der Waals surface area contributed by atoms with Gasteiger partial charge in [0, 0.05) is 26.1 Å². The zero-order valence-electron chi connectivity index (χ0n) is 14.2. The first-order chi connectivity index (χ1) is 11.4. The number of benzene rings is 1. The van der Waals surface area contributed by atoms with Crippen LogP contribution in [0.25, 0.3) is 0 Å². The number of urea groups is 1. The minimum Gasteiger partial charge on any atom is -0.338 e. The van der Waals surface area contributed by atoms with E-state index in [4.69, 9.17) is 0 Å². The van der Waals surface area contributed by atoms with Crippen molar-refractivity contribution < 1.29 is 14.4 Å². The topological polar surface area (TPSA) is 69.7 Å². The molecule has 1 aromatic rings. The van der Waals surface area contributed by atoms with E-state index in [0.29, 0.717) is 19.4 Å². The molecule has 0 bridgehead atoms. The molecule has 6 nitrogen and oxygen atoms in total. The minimum absolute atomic E-state index is 0.0795. The first kappa shape index (κ1) is 16.5. The molecule has 0 aliphatic carbocycles. The fourth-order valence-electron chi connectivity index (χ4n) is 3.28. The highest BCUT2D eigenvalue weighted by Crippen LogP contribution is 2.20. The fraction of sp³-hybridized carbons (Fsp3) is 0.500. The summed E-state index contributed by atoms with van der Waals surface area (Å²) in [5.74, 6) is -0.150. The van der Waals surface area contributed by atoms with Gasteiger partial charge in [0.15, 0.2) is 0 Å². The van der Waals surface area contributed by atoms with Gasteiger partial charge in [-0.05, 0) is 37.8 Å². The van der Waals surface area contributed by atoms with Gasteiger partial charge >= 0.3 is 6.03 Å². The van der Waals surface area contributed by atoms with E-state index >= 15 is 0 Å².